The lowest BCUT2D eigenvalue weighted by Crippen LogP contribution is -2.22. The third kappa shape index (κ3) is 4.53. The molecule has 0 aliphatic carbocycles. The molecule has 0 radical (unpaired) electrons. The molecule has 1 aromatic heterocycles. The molecule has 1 aliphatic rings. The van der Waals surface area contributed by atoms with Gasteiger partial charge in [0.25, 0.3) is 0 Å². The third-order valence-electron chi connectivity index (χ3n) is 5.80. The van der Waals surface area contributed by atoms with E-state index in [1.165, 1.54) is 6.21 Å². The number of carboxylic acids is 1. The van der Waals surface area contributed by atoms with E-state index in [9.17, 15) is 4.79 Å². The van der Waals surface area contributed by atoms with Crippen molar-refractivity contribution < 1.29 is 29.0 Å². The minimum absolute atomic E-state index is 0.523. The summed E-state index contributed by atoms with van der Waals surface area (Å²) >= 11 is 0. The molecule has 2 heterocycles. The van der Waals surface area contributed by atoms with Crippen molar-refractivity contribution in [3.05, 3.63) is 65.7 Å². The van der Waals surface area contributed by atoms with E-state index in [1.807, 2.05) is 43.3 Å². The fraction of sp³-hybridized carbons (Fsp3) is 0.192. The number of aliphatic carboxylic acids is 1. The molecule has 9 nitrogen and oxygen atoms in total. The Hall–Kier alpha value is -4.37. The molecule has 0 saturated carbocycles. The van der Waals surface area contributed by atoms with Crippen LogP contribution in [0, 0.1) is 6.92 Å². The number of nitrogens with zero attached hydrogens (tertiary/aromatic N) is 2. The highest BCUT2D eigenvalue weighted by Crippen LogP contribution is 2.37. The Balaban J connectivity index is 1.44. The van der Waals surface area contributed by atoms with E-state index in [0.717, 1.165) is 33.9 Å². The van der Waals surface area contributed by atoms with Gasteiger partial charge in [-0.15, -0.1) is 0 Å². The van der Waals surface area contributed by atoms with Gasteiger partial charge in [-0.3, -0.25) is 4.99 Å². The van der Waals surface area contributed by atoms with Crippen molar-refractivity contribution in [3.63, 3.8) is 0 Å². The van der Waals surface area contributed by atoms with Gasteiger partial charge in [0.1, 0.15) is 13.2 Å². The lowest BCUT2D eigenvalue weighted by Gasteiger charge is -2.19. The van der Waals surface area contributed by atoms with E-state index >= 15 is 0 Å². The molecule has 4 aromatic rings. The highest BCUT2D eigenvalue weighted by molar-refractivity contribution is 5.95. The van der Waals surface area contributed by atoms with Crippen LogP contribution >= 0.6 is 0 Å². The molecule has 35 heavy (non-hydrogen) atoms. The smallest absolute Gasteiger partial charge is 0.330 e. The predicted molar refractivity (Wildman–Crippen MR) is 131 cm³/mol. The zero-order chi connectivity index (χ0) is 24.4. The van der Waals surface area contributed by atoms with Gasteiger partial charge < -0.3 is 29.5 Å². The number of ether oxygens (including phenoxy) is 2. The van der Waals surface area contributed by atoms with Crippen LogP contribution in [0.5, 0.6) is 11.5 Å². The molecular weight excluding hydrogens is 450 g/mol. The molecule has 3 aromatic carbocycles. The second-order valence-corrected chi connectivity index (χ2v) is 8.06. The quantitative estimate of drug-likeness (QED) is 0.341. The Morgan fingerprint density at radius 3 is 2.77 bits per heavy atom. The summed E-state index contributed by atoms with van der Waals surface area (Å²) in [7, 11) is 0. The molecule has 0 spiro atoms. The van der Waals surface area contributed by atoms with Gasteiger partial charge in [-0.1, -0.05) is 23.4 Å². The number of aromatic nitrogens is 1. The van der Waals surface area contributed by atoms with E-state index in [-0.39, 0.29) is 0 Å². The maximum absolute atomic E-state index is 11.1. The fourth-order valence-electron chi connectivity index (χ4n) is 3.91. The highest BCUT2D eigenvalue weighted by Gasteiger charge is 2.16. The summed E-state index contributed by atoms with van der Waals surface area (Å²) < 4.78 is 16.8. The van der Waals surface area contributed by atoms with Crippen molar-refractivity contribution in [1.82, 2.24) is 5.16 Å². The average molecular weight is 473 g/mol. The SMILES string of the molecule is Cc1c(Nc2noc3ccc(C=N[C@@H](CO)C(=O)O)cc23)cccc1-c1ccc2c(c1)OCCO2. The number of carboxylic acid groups (broad SMARTS) is 1. The van der Waals surface area contributed by atoms with Crippen molar-refractivity contribution in [2.75, 3.05) is 25.1 Å². The number of aliphatic hydroxyl groups excluding tert-OH is 1. The van der Waals surface area contributed by atoms with Crippen LogP contribution in [0.4, 0.5) is 11.5 Å². The van der Waals surface area contributed by atoms with Crippen LogP contribution in [0.2, 0.25) is 0 Å². The first-order valence-corrected chi connectivity index (χ1v) is 11.1. The lowest BCUT2D eigenvalue weighted by molar-refractivity contribution is -0.139. The van der Waals surface area contributed by atoms with Gasteiger partial charge in [-0.05, 0) is 65.6 Å². The number of hydrogen-bond donors (Lipinski definition) is 3. The summed E-state index contributed by atoms with van der Waals surface area (Å²) in [6, 6.07) is 15.9. The van der Waals surface area contributed by atoms with Crippen LogP contribution in [0.15, 0.2) is 64.1 Å². The minimum atomic E-state index is -1.21. The van der Waals surface area contributed by atoms with E-state index in [0.29, 0.717) is 35.6 Å². The molecule has 1 atom stereocenters. The van der Waals surface area contributed by atoms with Crippen LogP contribution in [0.3, 0.4) is 0 Å². The molecule has 1 aliphatic heterocycles. The number of rotatable bonds is 7. The Morgan fingerprint density at radius 1 is 1.14 bits per heavy atom. The first kappa shape index (κ1) is 22.4. The van der Waals surface area contributed by atoms with Crippen molar-refractivity contribution >= 4 is 34.7 Å². The van der Waals surface area contributed by atoms with Gasteiger partial charge in [-0.25, -0.2) is 4.79 Å². The Morgan fingerprint density at radius 2 is 1.97 bits per heavy atom. The number of benzene rings is 3. The summed E-state index contributed by atoms with van der Waals surface area (Å²) in [6.07, 6.45) is 1.42. The predicted octanol–water partition coefficient (Wildman–Crippen LogP) is 4.18. The zero-order valence-electron chi connectivity index (χ0n) is 18.9. The Labute approximate surface area is 200 Å². The zero-order valence-corrected chi connectivity index (χ0v) is 18.9. The largest absolute Gasteiger partial charge is 0.486 e. The van der Waals surface area contributed by atoms with Crippen LogP contribution in [-0.2, 0) is 4.79 Å². The maximum Gasteiger partial charge on any atom is 0.330 e. The molecule has 0 fully saturated rings. The van der Waals surface area contributed by atoms with Gasteiger partial charge in [0, 0.05) is 11.9 Å². The topological polar surface area (TPSA) is 126 Å². The normalized spacial score (nSPS) is 13.8. The van der Waals surface area contributed by atoms with Crippen LogP contribution in [-0.4, -0.2) is 53.4 Å². The van der Waals surface area contributed by atoms with Gasteiger partial charge in [0.15, 0.2) is 28.9 Å². The monoisotopic (exact) mass is 473 g/mol. The fourth-order valence-corrected chi connectivity index (χ4v) is 3.91. The van der Waals surface area contributed by atoms with E-state index in [4.69, 9.17) is 24.2 Å². The average Bonchev–Trinajstić information content (AvgIpc) is 3.27. The number of aliphatic imine (C=N–C) groups is 1. The summed E-state index contributed by atoms with van der Waals surface area (Å²) in [5.41, 5.74) is 5.16. The minimum Gasteiger partial charge on any atom is -0.486 e. The van der Waals surface area contributed by atoms with Gasteiger partial charge in [-0.2, -0.15) is 0 Å². The molecule has 9 heteroatoms. The first-order valence-electron chi connectivity index (χ1n) is 11.1. The molecule has 3 N–H and O–H groups in total. The van der Waals surface area contributed by atoms with E-state index in [1.54, 1.807) is 18.2 Å². The van der Waals surface area contributed by atoms with Crippen molar-refractivity contribution in [2.45, 2.75) is 13.0 Å². The third-order valence-corrected chi connectivity index (χ3v) is 5.80. The number of fused-ring (bicyclic) bond motifs is 2. The molecule has 0 bridgehead atoms. The summed E-state index contributed by atoms with van der Waals surface area (Å²) in [4.78, 5) is 15.0. The van der Waals surface area contributed by atoms with Crippen molar-refractivity contribution in [3.8, 4) is 22.6 Å². The number of aliphatic hydroxyl groups is 1. The molecule has 0 unspecified atom stereocenters. The second kappa shape index (κ2) is 9.47. The summed E-state index contributed by atoms with van der Waals surface area (Å²) in [5.74, 6) is 0.809. The summed E-state index contributed by atoms with van der Waals surface area (Å²) in [5, 5.41) is 26.5. The maximum atomic E-state index is 11.1. The van der Waals surface area contributed by atoms with Crippen LogP contribution < -0.4 is 14.8 Å². The van der Waals surface area contributed by atoms with Crippen molar-refractivity contribution in [2.24, 2.45) is 4.99 Å². The molecule has 178 valence electrons. The van der Waals surface area contributed by atoms with Gasteiger partial charge >= 0.3 is 5.97 Å². The van der Waals surface area contributed by atoms with Gasteiger partial charge in [0.05, 0.1) is 12.0 Å². The Bertz CT molecular complexity index is 1430. The number of hydrogen-bond acceptors (Lipinski definition) is 8. The van der Waals surface area contributed by atoms with E-state index in [2.05, 4.69) is 15.5 Å². The standard InChI is InChI=1S/C26H23N3O6/c1-15-18(17-6-8-23-24(12-17)34-10-9-33-23)3-2-4-20(15)28-25-19-11-16(5-7-22(19)35-29-25)13-27-21(14-30)26(31)32/h2-8,11-13,21,30H,9-10,14H2,1H3,(H,28,29)(H,31,32)/t21-/m0/s1. The van der Waals surface area contributed by atoms with Crippen LogP contribution in [0.1, 0.15) is 11.1 Å². The molecule has 0 saturated heterocycles. The summed E-state index contributed by atoms with van der Waals surface area (Å²) in [6.45, 7) is 2.52. The lowest BCUT2D eigenvalue weighted by atomic mass is 9.98. The molecule has 0 amide bonds. The van der Waals surface area contributed by atoms with E-state index < -0.39 is 18.6 Å². The molecular formula is C26H23N3O6. The molecule has 5 rings (SSSR count). The first-order chi connectivity index (χ1) is 17.0. The number of carbonyl (C=O) groups is 1. The van der Waals surface area contributed by atoms with Crippen molar-refractivity contribution in [1.29, 1.82) is 0 Å². The second-order valence-electron chi connectivity index (χ2n) is 8.06. The Kier molecular flexibility index (Phi) is 6.07. The number of nitrogens with one attached hydrogen (secondary N) is 1. The highest BCUT2D eigenvalue weighted by atomic mass is 16.6. The number of anilines is 2. The van der Waals surface area contributed by atoms with Crippen LogP contribution in [0.25, 0.3) is 22.1 Å². The van der Waals surface area contributed by atoms with Gasteiger partial charge in [0.2, 0.25) is 0 Å².